The number of allylic oxidation sites excluding steroid dienone is 3. The van der Waals surface area contributed by atoms with Gasteiger partial charge in [-0.05, 0) is 32.1 Å². The van der Waals surface area contributed by atoms with Crippen LogP contribution in [-0.4, -0.2) is 46.1 Å². The van der Waals surface area contributed by atoms with E-state index < -0.39 is 24.2 Å². The Morgan fingerprint density at radius 3 is 1.24 bits per heavy atom. The predicted octanol–water partition coefficient (Wildman–Crippen LogP) is 12.2. The Hall–Kier alpha value is -1.17. The van der Waals surface area contributed by atoms with E-state index in [-0.39, 0.29) is 6.61 Å². The van der Waals surface area contributed by atoms with Gasteiger partial charge in [0.15, 0.2) is 0 Å². The third kappa shape index (κ3) is 35.0. The minimum atomic E-state index is -1.10. The molecule has 5 nitrogen and oxygen atoms in total. The SMILES string of the molecule is CCCCCCCCCCCCCCCCCCC/C=C/CC/C=C/C(O)C(CO)NC(=O)C(O)CCCCCCCCCCCCCC. The molecule has 0 radical (unpaired) electrons. The zero-order chi connectivity index (χ0) is 35.9. The highest BCUT2D eigenvalue weighted by Crippen LogP contribution is 2.15. The molecule has 1 amide bonds. The first-order valence-corrected chi connectivity index (χ1v) is 21.7. The monoisotopic (exact) mass is 692 g/mol. The van der Waals surface area contributed by atoms with Crippen molar-refractivity contribution < 1.29 is 20.1 Å². The zero-order valence-corrected chi connectivity index (χ0v) is 32.8. The third-order valence-corrected chi connectivity index (χ3v) is 10.0. The fraction of sp³-hybridized carbons (Fsp3) is 0.886. The standard InChI is InChI=1S/C44H85NO4/c1-3-5-7-9-11-13-15-17-18-19-20-21-22-23-24-25-26-27-29-30-32-34-36-38-42(47)41(40-46)45-44(49)43(48)39-37-35-33-31-28-16-14-12-10-8-6-4-2/h29-30,36,38,41-43,46-48H,3-28,31-35,37,39-40H2,1-2H3,(H,45,49)/b30-29+,38-36+. The normalized spacial score (nSPS) is 13.8. The fourth-order valence-corrected chi connectivity index (χ4v) is 6.61. The first-order valence-electron chi connectivity index (χ1n) is 21.7. The van der Waals surface area contributed by atoms with E-state index in [1.165, 1.54) is 167 Å². The second-order valence-corrected chi connectivity index (χ2v) is 14.9. The molecule has 0 saturated carbocycles. The highest BCUT2D eigenvalue weighted by atomic mass is 16.3. The van der Waals surface area contributed by atoms with E-state index in [0.717, 1.165) is 38.5 Å². The number of amides is 1. The van der Waals surface area contributed by atoms with E-state index in [1.807, 2.05) is 6.08 Å². The number of unbranched alkanes of at least 4 members (excludes halogenated alkanes) is 29. The molecule has 0 saturated heterocycles. The van der Waals surface area contributed by atoms with Crippen LogP contribution in [0.1, 0.15) is 226 Å². The minimum absolute atomic E-state index is 0.373. The second kappa shape index (κ2) is 39.6. The number of hydrogen-bond donors (Lipinski definition) is 4. The van der Waals surface area contributed by atoms with Gasteiger partial charge < -0.3 is 20.6 Å². The molecule has 3 atom stereocenters. The molecular weight excluding hydrogens is 606 g/mol. The zero-order valence-electron chi connectivity index (χ0n) is 32.8. The molecule has 0 aliphatic rings. The van der Waals surface area contributed by atoms with Gasteiger partial charge in [0.2, 0.25) is 5.91 Å². The molecule has 0 aromatic heterocycles. The molecule has 0 aromatic carbocycles. The summed E-state index contributed by atoms with van der Waals surface area (Å²) < 4.78 is 0. The summed E-state index contributed by atoms with van der Waals surface area (Å²) in [7, 11) is 0. The van der Waals surface area contributed by atoms with Crippen molar-refractivity contribution in [1.82, 2.24) is 5.32 Å². The number of carbonyl (C=O) groups excluding carboxylic acids is 1. The van der Waals surface area contributed by atoms with Crippen LogP contribution >= 0.6 is 0 Å². The topological polar surface area (TPSA) is 89.8 Å². The molecule has 0 rings (SSSR count). The van der Waals surface area contributed by atoms with E-state index in [9.17, 15) is 20.1 Å². The van der Waals surface area contributed by atoms with Crippen LogP contribution in [0.2, 0.25) is 0 Å². The Labute approximate surface area is 305 Å². The lowest BCUT2D eigenvalue weighted by molar-refractivity contribution is -0.131. The molecule has 49 heavy (non-hydrogen) atoms. The molecule has 0 aromatic rings. The molecule has 0 aliphatic carbocycles. The van der Waals surface area contributed by atoms with Gasteiger partial charge in [0.25, 0.3) is 0 Å². The van der Waals surface area contributed by atoms with E-state index in [4.69, 9.17) is 0 Å². The van der Waals surface area contributed by atoms with E-state index in [2.05, 4.69) is 31.3 Å². The molecule has 290 valence electrons. The van der Waals surface area contributed by atoms with Crippen molar-refractivity contribution in [3.63, 3.8) is 0 Å². The number of hydrogen-bond acceptors (Lipinski definition) is 4. The number of carbonyl (C=O) groups is 1. The first-order chi connectivity index (χ1) is 24.1. The Balaban J connectivity index is 3.68. The van der Waals surface area contributed by atoms with Gasteiger partial charge in [-0.3, -0.25) is 4.79 Å². The predicted molar refractivity (Wildman–Crippen MR) is 213 cm³/mol. The molecule has 0 bridgehead atoms. The smallest absolute Gasteiger partial charge is 0.249 e. The number of aliphatic hydroxyl groups is 3. The molecular formula is C44H85NO4. The van der Waals surface area contributed by atoms with E-state index in [1.54, 1.807) is 6.08 Å². The van der Waals surface area contributed by atoms with Crippen LogP contribution in [0.25, 0.3) is 0 Å². The maximum absolute atomic E-state index is 12.4. The minimum Gasteiger partial charge on any atom is -0.394 e. The lowest BCUT2D eigenvalue weighted by atomic mass is 10.0. The number of nitrogens with one attached hydrogen (secondary N) is 1. The van der Waals surface area contributed by atoms with Crippen LogP contribution in [-0.2, 0) is 4.79 Å². The van der Waals surface area contributed by atoms with Crippen LogP contribution in [0.5, 0.6) is 0 Å². The van der Waals surface area contributed by atoms with Crippen molar-refractivity contribution in [1.29, 1.82) is 0 Å². The summed E-state index contributed by atoms with van der Waals surface area (Å²) in [5.74, 6) is -0.512. The van der Waals surface area contributed by atoms with Crippen LogP contribution in [0.15, 0.2) is 24.3 Å². The van der Waals surface area contributed by atoms with Gasteiger partial charge in [0, 0.05) is 0 Å². The summed E-state index contributed by atoms with van der Waals surface area (Å²) in [6, 6.07) is -0.810. The molecule has 3 unspecified atom stereocenters. The largest absolute Gasteiger partial charge is 0.394 e. The van der Waals surface area contributed by atoms with Crippen molar-refractivity contribution in [2.24, 2.45) is 0 Å². The van der Waals surface area contributed by atoms with Gasteiger partial charge in [-0.1, -0.05) is 218 Å². The second-order valence-electron chi connectivity index (χ2n) is 14.9. The number of rotatable bonds is 39. The Bertz CT molecular complexity index is 724. The maximum Gasteiger partial charge on any atom is 0.249 e. The van der Waals surface area contributed by atoms with Crippen molar-refractivity contribution in [2.75, 3.05) is 6.61 Å². The molecule has 4 N–H and O–H groups in total. The van der Waals surface area contributed by atoms with Gasteiger partial charge in [-0.25, -0.2) is 0 Å². The van der Waals surface area contributed by atoms with E-state index >= 15 is 0 Å². The van der Waals surface area contributed by atoms with Gasteiger partial charge in [0.1, 0.15) is 6.10 Å². The van der Waals surface area contributed by atoms with E-state index in [0.29, 0.717) is 6.42 Å². The van der Waals surface area contributed by atoms with Gasteiger partial charge in [-0.2, -0.15) is 0 Å². The van der Waals surface area contributed by atoms with Crippen LogP contribution in [0.4, 0.5) is 0 Å². The Kier molecular flexibility index (Phi) is 38.7. The van der Waals surface area contributed by atoms with Crippen molar-refractivity contribution in [3.05, 3.63) is 24.3 Å². The highest BCUT2D eigenvalue weighted by Gasteiger charge is 2.22. The third-order valence-electron chi connectivity index (χ3n) is 10.0. The van der Waals surface area contributed by atoms with Gasteiger partial charge >= 0.3 is 0 Å². The van der Waals surface area contributed by atoms with Crippen LogP contribution in [0.3, 0.4) is 0 Å². The summed E-state index contributed by atoms with van der Waals surface area (Å²) in [5.41, 5.74) is 0. The average molecular weight is 692 g/mol. The highest BCUT2D eigenvalue weighted by molar-refractivity contribution is 5.80. The van der Waals surface area contributed by atoms with Crippen molar-refractivity contribution in [3.8, 4) is 0 Å². The van der Waals surface area contributed by atoms with Crippen LogP contribution < -0.4 is 5.32 Å². The summed E-state index contributed by atoms with van der Waals surface area (Å²) in [6.45, 7) is 4.17. The summed E-state index contributed by atoms with van der Waals surface area (Å²) in [6.07, 6.45) is 47.9. The van der Waals surface area contributed by atoms with Gasteiger partial charge in [0.05, 0.1) is 18.8 Å². The molecule has 0 heterocycles. The summed E-state index contributed by atoms with van der Waals surface area (Å²) in [5, 5.41) is 33.0. The molecule has 0 fully saturated rings. The Morgan fingerprint density at radius 2 is 0.837 bits per heavy atom. The van der Waals surface area contributed by atoms with Gasteiger partial charge in [-0.15, -0.1) is 0 Å². The van der Waals surface area contributed by atoms with Crippen LogP contribution in [0, 0.1) is 0 Å². The number of aliphatic hydroxyl groups excluding tert-OH is 3. The summed E-state index contributed by atoms with van der Waals surface area (Å²) in [4.78, 5) is 12.4. The van der Waals surface area contributed by atoms with Crippen molar-refractivity contribution in [2.45, 2.75) is 244 Å². The maximum atomic E-state index is 12.4. The average Bonchev–Trinajstić information content (AvgIpc) is 3.11. The lowest BCUT2D eigenvalue weighted by Crippen LogP contribution is -2.48. The summed E-state index contributed by atoms with van der Waals surface area (Å²) >= 11 is 0. The lowest BCUT2D eigenvalue weighted by Gasteiger charge is -2.21. The fourth-order valence-electron chi connectivity index (χ4n) is 6.61. The molecule has 0 spiro atoms. The molecule has 5 heteroatoms. The Morgan fingerprint density at radius 1 is 0.490 bits per heavy atom. The van der Waals surface area contributed by atoms with Crippen molar-refractivity contribution >= 4 is 5.91 Å². The first kappa shape index (κ1) is 47.8. The quantitative estimate of drug-likeness (QED) is 0.0381. The molecule has 0 aliphatic heterocycles.